The monoisotopic (exact) mass is 259 g/mol. The van der Waals surface area contributed by atoms with E-state index in [9.17, 15) is 9.59 Å². The molecule has 1 unspecified atom stereocenters. The molecule has 0 spiro atoms. The summed E-state index contributed by atoms with van der Waals surface area (Å²) in [7, 11) is 0. The van der Waals surface area contributed by atoms with Gasteiger partial charge in [0.15, 0.2) is 0 Å². The summed E-state index contributed by atoms with van der Waals surface area (Å²) in [4.78, 5) is 23.1. The Hall–Kier alpha value is -0.710. The van der Waals surface area contributed by atoms with Crippen molar-refractivity contribution < 1.29 is 14.7 Å². The third-order valence-electron chi connectivity index (χ3n) is 3.20. The van der Waals surface area contributed by atoms with E-state index >= 15 is 0 Å². The van der Waals surface area contributed by atoms with Gasteiger partial charge in [0.25, 0.3) is 0 Å². The van der Waals surface area contributed by atoms with Gasteiger partial charge in [-0.2, -0.15) is 11.8 Å². The van der Waals surface area contributed by atoms with E-state index in [1.807, 2.05) is 6.26 Å². The second kappa shape index (κ2) is 4.88. The number of rotatable bonds is 5. The minimum Gasteiger partial charge on any atom is -0.481 e. The van der Waals surface area contributed by atoms with Crippen LogP contribution in [-0.4, -0.2) is 34.5 Å². The number of hydrogen-bond acceptors (Lipinski definition) is 3. The van der Waals surface area contributed by atoms with Gasteiger partial charge in [-0.3, -0.25) is 9.59 Å². The van der Waals surface area contributed by atoms with Crippen molar-refractivity contribution in [3.63, 3.8) is 0 Å². The molecule has 0 aromatic carbocycles. The van der Waals surface area contributed by atoms with Crippen LogP contribution in [0, 0.1) is 11.3 Å². The Morgan fingerprint density at radius 3 is 2.24 bits per heavy atom. The largest absolute Gasteiger partial charge is 0.481 e. The van der Waals surface area contributed by atoms with Gasteiger partial charge in [-0.05, 0) is 24.5 Å². The summed E-state index contributed by atoms with van der Waals surface area (Å²) < 4.78 is 0.163. The lowest BCUT2D eigenvalue weighted by molar-refractivity contribution is -0.151. The van der Waals surface area contributed by atoms with Crippen LogP contribution in [0.15, 0.2) is 0 Å². The van der Waals surface area contributed by atoms with Crippen molar-refractivity contribution in [2.24, 2.45) is 11.3 Å². The van der Waals surface area contributed by atoms with Gasteiger partial charge in [0.2, 0.25) is 5.91 Å². The molecule has 1 fully saturated rings. The fraction of sp³-hybridized carbons (Fsp3) is 0.833. The maximum absolute atomic E-state index is 11.9. The molecule has 0 bridgehead atoms. The lowest BCUT2D eigenvalue weighted by Gasteiger charge is -2.26. The number of aliphatic carboxylic acids is 1. The SMILES string of the molecule is CSC1(CNC(=O)C(C(=O)O)C(C)(C)C)CC1. The first kappa shape index (κ1) is 14.4. The number of nitrogens with one attached hydrogen (secondary N) is 1. The highest BCUT2D eigenvalue weighted by molar-refractivity contribution is 8.00. The molecule has 0 saturated heterocycles. The second-order valence-electron chi connectivity index (χ2n) is 5.74. The topological polar surface area (TPSA) is 66.4 Å². The van der Waals surface area contributed by atoms with Crippen molar-refractivity contribution in [2.45, 2.75) is 38.4 Å². The summed E-state index contributed by atoms with van der Waals surface area (Å²) in [6.45, 7) is 5.89. The van der Waals surface area contributed by atoms with Gasteiger partial charge in [-0.1, -0.05) is 20.8 Å². The first-order valence-corrected chi connectivity index (χ1v) is 7.00. The predicted molar refractivity (Wildman–Crippen MR) is 69.1 cm³/mol. The van der Waals surface area contributed by atoms with Crippen LogP contribution < -0.4 is 5.32 Å². The molecule has 2 N–H and O–H groups in total. The molecule has 98 valence electrons. The Balaban J connectivity index is 2.58. The number of hydrogen-bond donors (Lipinski definition) is 2. The Labute approximate surface area is 107 Å². The molecule has 0 heterocycles. The average molecular weight is 259 g/mol. The number of carboxylic acid groups (broad SMARTS) is 1. The second-order valence-corrected chi connectivity index (χ2v) is 7.02. The third-order valence-corrected chi connectivity index (χ3v) is 4.62. The molecule has 1 saturated carbocycles. The smallest absolute Gasteiger partial charge is 0.316 e. The lowest BCUT2D eigenvalue weighted by Crippen LogP contribution is -2.44. The summed E-state index contributed by atoms with van der Waals surface area (Å²) in [5.41, 5.74) is -0.564. The number of amides is 1. The van der Waals surface area contributed by atoms with E-state index in [0.717, 1.165) is 12.8 Å². The van der Waals surface area contributed by atoms with Gasteiger partial charge in [0.05, 0.1) is 0 Å². The molecule has 0 radical (unpaired) electrons. The molecule has 0 aliphatic heterocycles. The summed E-state index contributed by atoms with van der Waals surface area (Å²) >= 11 is 1.75. The fourth-order valence-corrected chi connectivity index (χ4v) is 2.55. The molecule has 1 aliphatic rings. The molecular formula is C12H21NO3S. The van der Waals surface area contributed by atoms with Crippen molar-refractivity contribution in [3.8, 4) is 0 Å². The molecule has 0 aromatic rings. The maximum Gasteiger partial charge on any atom is 0.316 e. The molecule has 1 rings (SSSR count). The van der Waals surface area contributed by atoms with Crippen LogP contribution in [0.2, 0.25) is 0 Å². The standard InChI is InChI=1S/C12H21NO3S/c1-11(2,3)8(10(15)16)9(14)13-7-12(17-4)5-6-12/h8H,5-7H2,1-4H3,(H,13,14)(H,15,16). The van der Waals surface area contributed by atoms with Crippen molar-refractivity contribution >= 4 is 23.6 Å². The van der Waals surface area contributed by atoms with E-state index in [1.54, 1.807) is 32.5 Å². The quantitative estimate of drug-likeness (QED) is 0.738. The molecule has 17 heavy (non-hydrogen) atoms. The summed E-state index contributed by atoms with van der Waals surface area (Å²) in [6, 6.07) is 0. The molecule has 0 aromatic heterocycles. The highest BCUT2D eigenvalue weighted by Crippen LogP contribution is 2.46. The van der Waals surface area contributed by atoms with E-state index in [0.29, 0.717) is 6.54 Å². The first-order chi connectivity index (χ1) is 7.72. The first-order valence-electron chi connectivity index (χ1n) is 5.77. The van der Waals surface area contributed by atoms with Gasteiger partial charge in [-0.15, -0.1) is 0 Å². The van der Waals surface area contributed by atoms with Crippen LogP contribution in [-0.2, 0) is 9.59 Å². The van der Waals surface area contributed by atoms with E-state index in [2.05, 4.69) is 5.32 Å². The zero-order chi connectivity index (χ0) is 13.3. The number of carbonyl (C=O) groups is 2. The Morgan fingerprint density at radius 1 is 1.41 bits per heavy atom. The van der Waals surface area contributed by atoms with Crippen LogP contribution in [0.25, 0.3) is 0 Å². The normalized spacial score (nSPS) is 19.5. The summed E-state index contributed by atoms with van der Waals surface area (Å²) in [5, 5.41) is 11.9. The summed E-state index contributed by atoms with van der Waals surface area (Å²) in [5.74, 6) is -2.41. The van der Waals surface area contributed by atoms with E-state index in [1.165, 1.54) is 0 Å². The Bertz CT molecular complexity index is 318. The van der Waals surface area contributed by atoms with Crippen LogP contribution in [0.3, 0.4) is 0 Å². The van der Waals surface area contributed by atoms with Crippen molar-refractivity contribution in [3.05, 3.63) is 0 Å². The molecular weight excluding hydrogens is 238 g/mol. The maximum atomic E-state index is 11.9. The molecule has 1 aliphatic carbocycles. The lowest BCUT2D eigenvalue weighted by atomic mass is 9.80. The zero-order valence-electron chi connectivity index (χ0n) is 10.9. The van der Waals surface area contributed by atoms with E-state index in [-0.39, 0.29) is 10.7 Å². The number of carbonyl (C=O) groups excluding carboxylic acids is 1. The minimum absolute atomic E-state index is 0.163. The molecule has 5 heteroatoms. The van der Waals surface area contributed by atoms with Crippen LogP contribution in [0.1, 0.15) is 33.6 Å². The molecule has 4 nitrogen and oxygen atoms in total. The minimum atomic E-state index is -1.05. The van der Waals surface area contributed by atoms with Gasteiger partial charge in [0.1, 0.15) is 5.92 Å². The van der Waals surface area contributed by atoms with Crippen LogP contribution >= 0.6 is 11.8 Å². The van der Waals surface area contributed by atoms with Crippen molar-refractivity contribution in [2.75, 3.05) is 12.8 Å². The highest BCUT2D eigenvalue weighted by atomic mass is 32.2. The van der Waals surface area contributed by atoms with Crippen LogP contribution in [0.4, 0.5) is 0 Å². The van der Waals surface area contributed by atoms with E-state index < -0.39 is 17.3 Å². The highest BCUT2D eigenvalue weighted by Gasteiger charge is 2.44. The third kappa shape index (κ3) is 3.63. The molecule has 1 amide bonds. The van der Waals surface area contributed by atoms with Gasteiger partial charge < -0.3 is 10.4 Å². The Kier molecular flexibility index (Phi) is 4.12. The van der Waals surface area contributed by atoms with E-state index in [4.69, 9.17) is 5.11 Å². The molecule has 1 atom stereocenters. The van der Waals surface area contributed by atoms with Crippen molar-refractivity contribution in [1.82, 2.24) is 5.32 Å². The predicted octanol–water partition coefficient (Wildman–Crippen LogP) is 1.75. The van der Waals surface area contributed by atoms with Crippen LogP contribution in [0.5, 0.6) is 0 Å². The number of thioether (sulfide) groups is 1. The number of carboxylic acids is 1. The van der Waals surface area contributed by atoms with Gasteiger partial charge in [-0.25, -0.2) is 0 Å². The Morgan fingerprint density at radius 2 is 1.94 bits per heavy atom. The zero-order valence-corrected chi connectivity index (χ0v) is 11.7. The van der Waals surface area contributed by atoms with Crippen molar-refractivity contribution in [1.29, 1.82) is 0 Å². The average Bonchev–Trinajstić information content (AvgIpc) is 2.92. The fourth-order valence-electron chi connectivity index (χ4n) is 1.82. The van der Waals surface area contributed by atoms with Gasteiger partial charge in [0, 0.05) is 11.3 Å². The van der Waals surface area contributed by atoms with Gasteiger partial charge >= 0.3 is 5.97 Å². The summed E-state index contributed by atoms with van der Waals surface area (Å²) in [6.07, 6.45) is 4.22.